The quantitative estimate of drug-likeness (QED) is 0.0392. The largest absolute Gasteiger partial charge is 0.493 e. The standard InChI is InChI=1S/C91H97B2ClN8O2/c1-15-17-32-65(16-2)58-103-73-43-30-33-66(50-73)86-83-84(89(85(96-14)82-57-98-78-49-63(6)76(94)52-80(78)100-82)102(86)93(71-39-26-20-27-40-71)72-41-28-21-29-42-72)87(67-34-31-44-74(51-67)104-59-68(64(7)54-91(11,12)13)46-45-60(3)53-90(8,9)10)101(92(69-35-22-18-23-36-69)70-37-24-19-25-38-70)88(83)75(55-95)81-56-97-77-47-61(4)62(5)48-79(77)99-81/h18-31,33-44,47-52,56-57,60,64-65,68H,15-17,32,45-46,53-54,58-59H2,1-13H3/b88-75-,89-85+. The second-order valence-corrected chi connectivity index (χ2v) is 31.8. The summed E-state index contributed by atoms with van der Waals surface area (Å²) in [6, 6.07) is 70.0. The number of nitriles is 1. The molecule has 0 bridgehead atoms. The van der Waals surface area contributed by atoms with Crippen LogP contribution in [0.3, 0.4) is 0 Å². The smallest absolute Gasteiger partial charge is 0.328 e. The van der Waals surface area contributed by atoms with E-state index in [1.807, 2.05) is 49.4 Å². The number of unbranched alkanes of at least 4 members (excludes halogenated alkanes) is 1. The van der Waals surface area contributed by atoms with Gasteiger partial charge >= 0.3 is 13.7 Å². The highest BCUT2D eigenvalue weighted by Crippen LogP contribution is 2.40. The van der Waals surface area contributed by atoms with E-state index in [2.05, 4.69) is 250 Å². The molecule has 4 atom stereocenters. The predicted molar refractivity (Wildman–Crippen MR) is 436 cm³/mol. The summed E-state index contributed by atoms with van der Waals surface area (Å²) in [4.78, 5) is 26.1. The molecule has 104 heavy (non-hydrogen) atoms. The monoisotopic (exact) mass is 1390 g/mol. The van der Waals surface area contributed by atoms with Crippen LogP contribution in [0.5, 0.6) is 11.5 Å². The second kappa shape index (κ2) is 32.3. The molecule has 0 aliphatic heterocycles. The zero-order valence-corrected chi connectivity index (χ0v) is 63.7. The Hall–Kier alpha value is -10.0. The van der Waals surface area contributed by atoms with Crippen molar-refractivity contribution in [3.8, 4) is 40.1 Å². The first-order chi connectivity index (χ1) is 50.1. The zero-order chi connectivity index (χ0) is 73.4. The van der Waals surface area contributed by atoms with Crippen LogP contribution in [0.2, 0.25) is 5.02 Å². The molecule has 0 amide bonds. The third-order valence-electron chi connectivity index (χ3n) is 20.7. The lowest BCUT2D eigenvalue weighted by Crippen LogP contribution is -2.54. The highest BCUT2D eigenvalue weighted by molar-refractivity contribution is 6.85. The van der Waals surface area contributed by atoms with E-state index in [0.717, 1.165) is 118 Å². The summed E-state index contributed by atoms with van der Waals surface area (Å²) < 4.78 is 19.1. The highest BCUT2D eigenvalue weighted by Gasteiger charge is 2.38. The van der Waals surface area contributed by atoms with Gasteiger partial charge in [0, 0.05) is 49.9 Å². The molecular formula is C91H97B2ClN8O2. The molecule has 0 fully saturated rings. The van der Waals surface area contributed by atoms with Gasteiger partial charge in [0.25, 0.3) is 0 Å². The van der Waals surface area contributed by atoms with Crippen molar-refractivity contribution in [2.45, 2.75) is 141 Å². The maximum Gasteiger partial charge on any atom is 0.328 e. The lowest BCUT2D eigenvalue weighted by atomic mass is 9.50. The fourth-order valence-corrected chi connectivity index (χ4v) is 15.8. The van der Waals surface area contributed by atoms with Crippen LogP contribution in [-0.4, -0.2) is 55.8 Å². The van der Waals surface area contributed by atoms with E-state index in [9.17, 15) is 11.8 Å². The number of nitrogens with zero attached hydrogens (tertiary/aromatic N) is 8. The van der Waals surface area contributed by atoms with Crippen molar-refractivity contribution >= 4 is 91.3 Å². The average Bonchev–Trinajstić information content (AvgIpc) is 1.52. The van der Waals surface area contributed by atoms with Crippen LogP contribution in [0.4, 0.5) is 0 Å². The number of ether oxygens (including phenoxy) is 2. The van der Waals surface area contributed by atoms with Crippen LogP contribution in [0.25, 0.3) is 71.5 Å². The molecule has 0 radical (unpaired) electrons. The molecule has 0 aliphatic rings. The first-order valence-electron chi connectivity index (χ1n) is 37.3. The van der Waals surface area contributed by atoms with Gasteiger partial charge in [0.05, 0.1) is 59.1 Å². The minimum absolute atomic E-state index is 0.117. The van der Waals surface area contributed by atoms with Gasteiger partial charge in [-0.15, -0.1) is 0 Å². The van der Waals surface area contributed by atoms with Crippen molar-refractivity contribution in [1.82, 2.24) is 28.9 Å². The van der Waals surface area contributed by atoms with E-state index in [-0.39, 0.29) is 28.0 Å². The molecule has 4 unspecified atom stereocenters. The van der Waals surface area contributed by atoms with Crippen LogP contribution in [0, 0.1) is 73.2 Å². The van der Waals surface area contributed by atoms with Gasteiger partial charge in [-0.2, -0.15) is 5.26 Å². The zero-order valence-electron chi connectivity index (χ0n) is 62.9. The molecule has 13 heteroatoms. The lowest BCUT2D eigenvalue weighted by molar-refractivity contribution is 0.147. The average molecular weight is 1390 g/mol. The molecule has 0 aliphatic carbocycles. The van der Waals surface area contributed by atoms with Crippen LogP contribution >= 0.6 is 11.6 Å². The summed E-state index contributed by atoms with van der Waals surface area (Å²) in [5.74, 6) is 2.94. The summed E-state index contributed by atoms with van der Waals surface area (Å²) in [5.41, 5.74) is 14.1. The Bertz CT molecular complexity index is 5050. The van der Waals surface area contributed by atoms with Gasteiger partial charge in [-0.25, -0.2) is 9.83 Å². The number of fused-ring (bicyclic) bond motifs is 3. The van der Waals surface area contributed by atoms with E-state index >= 15 is 0 Å². The molecular weight excluding hydrogens is 1290 g/mol. The van der Waals surface area contributed by atoms with Crippen molar-refractivity contribution in [3.05, 3.63) is 262 Å². The lowest BCUT2D eigenvalue weighted by Gasteiger charge is -2.31. The van der Waals surface area contributed by atoms with Crippen LogP contribution in [-0.2, 0) is 0 Å². The van der Waals surface area contributed by atoms with Crippen molar-refractivity contribution in [1.29, 1.82) is 5.26 Å². The minimum atomic E-state index is -0.627. The number of aryl methyl sites for hydroxylation is 3. The summed E-state index contributed by atoms with van der Waals surface area (Å²) in [6.07, 6.45) is 12.1. The molecule has 0 N–H and O–H groups in total. The highest BCUT2D eigenvalue weighted by atomic mass is 35.5. The van der Waals surface area contributed by atoms with Gasteiger partial charge in [0.2, 0.25) is 5.70 Å². The van der Waals surface area contributed by atoms with Gasteiger partial charge in [0.15, 0.2) is 0 Å². The van der Waals surface area contributed by atoms with Gasteiger partial charge in [-0.1, -0.05) is 274 Å². The fourth-order valence-electron chi connectivity index (χ4n) is 15.7. The normalized spacial score (nSPS) is 13.6. The van der Waals surface area contributed by atoms with Crippen molar-refractivity contribution < 1.29 is 9.47 Å². The molecule has 526 valence electrons. The number of halogens is 1. The Morgan fingerprint density at radius 1 is 0.548 bits per heavy atom. The topological polar surface area (TPSA) is 108 Å². The molecule has 0 saturated carbocycles. The molecule has 12 aromatic rings. The fraction of sp³-hybridized carbons (Fsp3) is 0.319. The van der Waals surface area contributed by atoms with Gasteiger partial charge in [-0.3, -0.25) is 15.0 Å². The number of aromatic nitrogens is 6. The summed E-state index contributed by atoms with van der Waals surface area (Å²) in [7, 11) is 0. The Labute approximate surface area is 622 Å². The Morgan fingerprint density at radius 2 is 1.01 bits per heavy atom. The van der Waals surface area contributed by atoms with Crippen molar-refractivity contribution in [2.24, 2.45) is 34.5 Å². The first kappa shape index (κ1) is 73.7. The van der Waals surface area contributed by atoms with E-state index in [4.69, 9.17) is 45.9 Å². The molecule has 8 aromatic carbocycles. The number of benzene rings is 8. The van der Waals surface area contributed by atoms with E-state index < -0.39 is 13.7 Å². The molecule has 0 saturated heterocycles. The van der Waals surface area contributed by atoms with Crippen molar-refractivity contribution in [3.63, 3.8) is 0 Å². The van der Waals surface area contributed by atoms with Gasteiger partial charge < -0.3 is 18.4 Å². The summed E-state index contributed by atoms with van der Waals surface area (Å²) >= 11 is 7.03. The summed E-state index contributed by atoms with van der Waals surface area (Å²) in [6.45, 7) is 39.3. The van der Waals surface area contributed by atoms with Crippen LogP contribution in [0.15, 0.2) is 207 Å². The van der Waals surface area contributed by atoms with Gasteiger partial charge in [0.1, 0.15) is 28.8 Å². The van der Waals surface area contributed by atoms with E-state index in [1.165, 1.54) is 0 Å². The molecule has 12 rings (SSSR count). The maximum absolute atomic E-state index is 12.8. The Morgan fingerprint density at radius 3 is 1.50 bits per heavy atom. The van der Waals surface area contributed by atoms with E-state index in [1.54, 1.807) is 12.4 Å². The second-order valence-electron chi connectivity index (χ2n) is 31.3. The molecule has 4 heterocycles. The summed E-state index contributed by atoms with van der Waals surface area (Å²) in [5, 5.41) is 15.9. The van der Waals surface area contributed by atoms with Crippen molar-refractivity contribution in [2.75, 3.05) is 13.2 Å². The molecule has 10 nitrogen and oxygen atoms in total. The van der Waals surface area contributed by atoms with Crippen LogP contribution < -0.4 is 42.0 Å². The number of hydrogen-bond donors (Lipinski definition) is 0. The SMILES string of the molecule is [C-]#[N+]/C(c1cnc2cc(C)c(Cl)cc2n1)=c1\c2c(-c3cccc(OCC(CCC(C)CC(C)(C)C)C(C)CC(C)(C)C)c3)n(B(c3ccccc3)c3ccccc3)/c(=C(/C#N)c3cnc4cc(C)c(C)cc4n3)c2c(-c2cccc(OCC(CC)CCCC)c2)n1B(c1ccccc1)c1ccccc1. The molecule has 4 aromatic heterocycles. The predicted octanol–water partition coefficient (Wildman–Crippen LogP) is 18.9. The maximum atomic E-state index is 12.8. The Balaban J connectivity index is 1.33. The number of rotatable bonds is 26. The van der Waals surface area contributed by atoms with E-state index in [0.29, 0.717) is 96.9 Å². The third kappa shape index (κ3) is 16.5. The Kier molecular flexibility index (Phi) is 22.9. The van der Waals surface area contributed by atoms with Gasteiger partial charge in [-0.05, 0) is 146 Å². The minimum Gasteiger partial charge on any atom is -0.493 e. The molecule has 0 spiro atoms. The third-order valence-corrected chi connectivity index (χ3v) is 21.1. The first-order valence-corrected chi connectivity index (χ1v) is 37.7. The van der Waals surface area contributed by atoms with Crippen LogP contribution in [0.1, 0.15) is 149 Å². The number of hydrogen-bond acceptors (Lipinski definition) is 7.